The van der Waals surface area contributed by atoms with Gasteiger partial charge in [-0.2, -0.15) is 0 Å². The molecule has 1 saturated heterocycles. The number of hydrogen-bond donors (Lipinski definition) is 0. The molecular weight excluding hydrogens is 214 g/mol. The van der Waals surface area contributed by atoms with Crippen molar-refractivity contribution in [3.05, 3.63) is 30.3 Å². The van der Waals surface area contributed by atoms with E-state index in [2.05, 4.69) is 42.2 Å². The summed E-state index contributed by atoms with van der Waals surface area (Å²) in [5.41, 5.74) is 0. The van der Waals surface area contributed by atoms with Gasteiger partial charge in [-0.05, 0) is 37.4 Å². The molecule has 2 heteroatoms. The lowest BCUT2D eigenvalue weighted by Gasteiger charge is -2.30. The maximum absolute atomic E-state index is 2.62. The van der Waals surface area contributed by atoms with Crippen LogP contribution in [0.5, 0.6) is 0 Å². The van der Waals surface area contributed by atoms with Crippen LogP contribution in [-0.4, -0.2) is 30.3 Å². The summed E-state index contributed by atoms with van der Waals surface area (Å²) in [7, 11) is 0. The van der Waals surface area contributed by atoms with Gasteiger partial charge in [0, 0.05) is 23.7 Å². The number of thioether (sulfide) groups is 1. The molecule has 1 heterocycles. The molecule has 0 radical (unpaired) electrons. The first-order valence-electron chi connectivity index (χ1n) is 6.25. The van der Waals surface area contributed by atoms with Crippen molar-refractivity contribution in [1.82, 2.24) is 4.90 Å². The summed E-state index contributed by atoms with van der Waals surface area (Å²) < 4.78 is 0. The smallest absolute Gasteiger partial charge is 0.0108 e. The van der Waals surface area contributed by atoms with Crippen LogP contribution in [-0.2, 0) is 0 Å². The third-order valence-corrected chi connectivity index (χ3v) is 4.15. The Hall–Kier alpha value is -0.470. The zero-order valence-corrected chi connectivity index (χ0v) is 10.9. The topological polar surface area (TPSA) is 3.24 Å². The van der Waals surface area contributed by atoms with Crippen LogP contribution in [0.15, 0.2) is 35.2 Å². The van der Waals surface area contributed by atoms with Gasteiger partial charge in [0.1, 0.15) is 0 Å². The summed E-state index contributed by atoms with van der Waals surface area (Å²) in [6, 6.07) is 10.7. The SMILES string of the molecule is CC1CCCN(CCSc2ccccc2)C1. The molecule has 1 aromatic carbocycles. The van der Waals surface area contributed by atoms with Crippen LogP contribution in [0.25, 0.3) is 0 Å². The molecule has 1 aliphatic heterocycles. The molecule has 1 atom stereocenters. The number of piperidine rings is 1. The molecule has 2 rings (SSSR count). The highest BCUT2D eigenvalue weighted by molar-refractivity contribution is 7.99. The van der Waals surface area contributed by atoms with E-state index in [-0.39, 0.29) is 0 Å². The lowest BCUT2D eigenvalue weighted by atomic mass is 10.0. The molecule has 0 bridgehead atoms. The average molecular weight is 235 g/mol. The molecule has 1 nitrogen and oxygen atoms in total. The fourth-order valence-corrected chi connectivity index (χ4v) is 3.23. The van der Waals surface area contributed by atoms with Gasteiger partial charge in [-0.1, -0.05) is 25.1 Å². The van der Waals surface area contributed by atoms with E-state index in [0.29, 0.717) is 0 Å². The van der Waals surface area contributed by atoms with Crippen LogP contribution in [0.3, 0.4) is 0 Å². The van der Waals surface area contributed by atoms with Crippen molar-refractivity contribution in [1.29, 1.82) is 0 Å². The van der Waals surface area contributed by atoms with Crippen LogP contribution in [0, 0.1) is 5.92 Å². The van der Waals surface area contributed by atoms with E-state index in [0.717, 1.165) is 5.92 Å². The first kappa shape index (κ1) is 12.0. The lowest BCUT2D eigenvalue weighted by molar-refractivity contribution is 0.194. The fourth-order valence-electron chi connectivity index (χ4n) is 2.30. The third kappa shape index (κ3) is 3.84. The molecule has 0 spiro atoms. The van der Waals surface area contributed by atoms with E-state index >= 15 is 0 Å². The summed E-state index contributed by atoms with van der Waals surface area (Å²) >= 11 is 1.97. The van der Waals surface area contributed by atoms with Gasteiger partial charge in [-0.15, -0.1) is 11.8 Å². The van der Waals surface area contributed by atoms with E-state index in [1.54, 1.807) is 0 Å². The van der Waals surface area contributed by atoms with Gasteiger partial charge in [-0.3, -0.25) is 0 Å². The molecule has 1 aromatic rings. The molecule has 0 saturated carbocycles. The van der Waals surface area contributed by atoms with E-state index in [1.807, 2.05) is 11.8 Å². The van der Waals surface area contributed by atoms with Crippen molar-refractivity contribution in [2.75, 3.05) is 25.4 Å². The summed E-state index contributed by atoms with van der Waals surface area (Å²) in [6.07, 6.45) is 2.81. The fraction of sp³-hybridized carbons (Fsp3) is 0.571. The first-order valence-corrected chi connectivity index (χ1v) is 7.23. The van der Waals surface area contributed by atoms with E-state index in [9.17, 15) is 0 Å². The van der Waals surface area contributed by atoms with Crippen molar-refractivity contribution in [2.45, 2.75) is 24.7 Å². The van der Waals surface area contributed by atoms with E-state index in [4.69, 9.17) is 0 Å². The van der Waals surface area contributed by atoms with Gasteiger partial charge >= 0.3 is 0 Å². The van der Waals surface area contributed by atoms with Crippen LogP contribution in [0.2, 0.25) is 0 Å². The minimum Gasteiger partial charge on any atom is -0.302 e. The molecule has 16 heavy (non-hydrogen) atoms. The predicted molar refractivity (Wildman–Crippen MR) is 72.0 cm³/mol. The van der Waals surface area contributed by atoms with Gasteiger partial charge < -0.3 is 4.90 Å². The summed E-state index contributed by atoms with van der Waals surface area (Å²) in [4.78, 5) is 4.01. The summed E-state index contributed by atoms with van der Waals surface area (Å²) in [5.74, 6) is 2.12. The molecule has 1 unspecified atom stereocenters. The zero-order valence-electron chi connectivity index (χ0n) is 10.1. The number of likely N-dealkylation sites (tertiary alicyclic amines) is 1. The Morgan fingerprint density at radius 2 is 2.12 bits per heavy atom. The van der Waals surface area contributed by atoms with Gasteiger partial charge in [0.15, 0.2) is 0 Å². The highest BCUT2D eigenvalue weighted by atomic mass is 32.2. The Labute approximate surface area is 103 Å². The molecule has 88 valence electrons. The zero-order chi connectivity index (χ0) is 11.2. The Kier molecular flexibility index (Phi) is 4.73. The van der Waals surface area contributed by atoms with Gasteiger partial charge in [0.25, 0.3) is 0 Å². The van der Waals surface area contributed by atoms with Crippen molar-refractivity contribution in [3.8, 4) is 0 Å². The molecule has 0 N–H and O–H groups in total. The average Bonchev–Trinajstić information content (AvgIpc) is 2.30. The number of benzene rings is 1. The molecule has 0 amide bonds. The largest absolute Gasteiger partial charge is 0.302 e. The molecular formula is C14H21NS. The molecule has 0 aromatic heterocycles. The highest BCUT2D eigenvalue weighted by Gasteiger charge is 2.15. The highest BCUT2D eigenvalue weighted by Crippen LogP contribution is 2.19. The van der Waals surface area contributed by atoms with Crippen LogP contribution in [0.1, 0.15) is 19.8 Å². The first-order chi connectivity index (χ1) is 7.84. The van der Waals surface area contributed by atoms with E-state index in [1.165, 1.54) is 43.1 Å². The van der Waals surface area contributed by atoms with Crippen molar-refractivity contribution in [3.63, 3.8) is 0 Å². The number of rotatable bonds is 4. The minimum absolute atomic E-state index is 0.899. The Morgan fingerprint density at radius 3 is 2.88 bits per heavy atom. The Balaban J connectivity index is 1.68. The Bertz CT molecular complexity index is 299. The standard InChI is InChI=1S/C14H21NS/c1-13-6-5-9-15(12-13)10-11-16-14-7-3-2-4-8-14/h2-4,7-8,13H,5-6,9-12H2,1H3. The van der Waals surface area contributed by atoms with Crippen molar-refractivity contribution < 1.29 is 0 Å². The number of nitrogens with zero attached hydrogens (tertiary/aromatic N) is 1. The normalized spacial score (nSPS) is 22.2. The van der Waals surface area contributed by atoms with E-state index < -0.39 is 0 Å². The summed E-state index contributed by atoms with van der Waals surface area (Å²) in [6.45, 7) is 6.22. The molecule has 1 fully saturated rings. The quantitative estimate of drug-likeness (QED) is 0.735. The number of hydrogen-bond acceptors (Lipinski definition) is 2. The summed E-state index contributed by atoms with van der Waals surface area (Å²) in [5, 5.41) is 0. The van der Waals surface area contributed by atoms with Crippen LogP contribution in [0.4, 0.5) is 0 Å². The van der Waals surface area contributed by atoms with Gasteiger partial charge in [0.05, 0.1) is 0 Å². The molecule has 1 aliphatic rings. The molecule has 0 aliphatic carbocycles. The minimum atomic E-state index is 0.899. The van der Waals surface area contributed by atoms with Gasteiger partial charge in [-0.25, -0.2) is 0 Å². The maximum Gasteiger partial charge on any atom is 0.0108 e. The monoisotopic (exact) mass is 235 g/mol. The lowest BCUT2D eigenvalue weighted by Crippen LogP contribution is -2.35. The van der Waals surface area contributed by atoms with Gasteiger partial charge in [0.2, 0.25) is 0 Å². The maximum atomic E-state index is 2.62. The predicted octanol–water partition coefficient (Wildman–Crippen LogP) is 3.51. The second-order valence-electron chi connectivity index (χ2n) is 4.71. The van der Waals surface area contributed by atoms with Crippen LogP contribution >= 0.6 is 11.8 Å². The second kappa shape index (κ2) is 6.31. The Morgan fingerprint density at radius 1 is 1.31 bits per heavy atom. The van der Waals surface area contributed by atoms with Crippen molar-refractivity contribution >= 4 is 11.8 Å². The van der Waals surface area contributed by atoms with Crippen molar-refractivity contribution in [2.24, 2.45) is 5.92 Å². The van der Waals surface area contributed by atoms with Crippen LogP contribution < -0.4 is 0 Å². The second-order valence-corrected chi connectivity index (χ2v) is 5.88. The third-order valence-electron chi connectivity index (χ3n) is 3.16.